The van der Waals surface area contributed by atoms with Gasteiger partial charge in [-0.1, -0.05) is 31.5 Å². The maximum Gasteiger partial charge on any atom is 0.338 e. The van der Waals surface area contributed by atoms with Crippen LogP contribution in [0, 0.1) is 13.8 Å². The topological polar surface area (TPSA) is 53.6 Å². The van der Waals surface area contributed by atoms with Crippen LogP contribution < -0.4 is 10.6 Å². The molecule has 0 spiro atoms. The molecule has 0 radical (unpaired) electrons. The Labute approximate surface area is 173 Å². The average Bonchev–Trinajstić information content (AvgIpc) is 2.68. The van der Waals surface area contributed by atoms with Crippen molar-refractivity contribution in [2.75, 3.05) is 36.9 Å². The van der Waals surface area contributed by atoms with E-state index in [0.29, 0.717) is 17.3 Å². The molecule has 2 aromatic carbocycles. The second kappa shape index (κ2) is 10.8. The maximum absolute atomic E-state index is 12.1. The van der Waals surface area contributed by atoms with Crippen molar-refractivity contribution in [2.45, 2.75) is 27.7 Å². The number of rotatable bonds is 8. The van der Waals surface area contributed by atoms with E-state index in [0.717, 1.165) is 36.6 Å². The zero-order valence-electron chi connectivity index (χ0n) is 17.0. The largest absolute Gasteiger partial charge is 0.461 e. The van der Waals surface area contributed by atoms with Crippen molar-refractivity contribution in [3.05, 3.63) is 59.2 Å². The fraction of sp³-hybridized carbons (Fsp3) is 0.364. The van der Waals surface area contributed by atoms with Gasteiger partial charge in [-0.3, -0.25) is 0 Å². The van der Waals surface area contributed by atoms with Crippen molar-refractivity contribution in [1.29, 1.82) is 0 Å². The smallest absolute Gasteiger partial charge is 0.338 e. The number of esters is 1. The first-order chi connectivity index (χ1) is 13.4. The minimum Gasteiger partial charge on any atom is -0.461 e. The van der Waals surface area contributed by atoms with Crippen LogP contribution in [0.1, 0.15) is 35.3 Å². The average molecular weight is 400 g/mol. The highest BCUT2D eigenvalue weighted by Gasteiger charge is 2.09. The lowest BCUT2D eigenvalue weighted by Crippen LogP contribution is -2.27. The van der Waals surface area contributed by atoms with Crippen LogP contribution in [0.4, 0.5) is 11.4 Å². The van der Waals surface area contributed by atoms with Gasteiger partial charge in [0.15, 0.2) is 5.11 Å². The molecule has 28 heavy (non-hydrogen) atoms. The number of hydrogen-bond acceptors (Lipinski definition) is 4. The summed E-state index contributed by atoms with van der Waals surface area (Å²) < 4.78 is 5.35. The summed E-state index contributed by atoms with van der Waals surface area (Å²) in [6, 6.07) is 13.3. The summed E-state index contributed by atoms with van der Waals surface area (Å²) in [7, 11) is 0. The van der Waals surface area contributed by atoms with Gasteiger partial charge in [-0.05, 0) is 75.1 Å². The zero-order chi connectivity index (χ0) is 20.5. The van der Waals surface area contributed by atoms with Gasteiger partial charge in [0.1, 0.15) is 6.61 Å². The van der Waals surface area contributed by atoms with Gasteiger partial charge in [-0.2, -0.15) is 0 Å². The fourth-order valence-electron chi connectivity index (χ4n) is 2.82. The third kappa shape index (κ3) is 6.62. The Morgan fingerprint density at radius 2 is 1.71 bits per heavy atom. The van der Waals surface area contributed by atoms with E-state index in [2.05, 4.69) is 42.4 Å². The van der Waals surface area contributed by atoms with Gasteiger partial charge in [0.25, 0.3) is 0 Å². The van der Waals surface area contributed by atoms with Crippen LogP contribution in [0.2, 0.25) is 0 Å². The summed E-state index contributed by atoms with van der Waals surface area (Å²) in [6.45, 7) is 11.3. The van der Waals surface area contributed by atoms with Gasteiger partial charge in [0, 0.05) is 17.9 Å². The monoisotopic (exact) mass is 399 g/mol. The Morgan fingerprint density at radius 1 is 1.04 bits per heavy atom. The van der Waals surface area contributed by atoms with Gasteiger partial charge >= 0.3 is 5.97 Å². The molecule has 0 unspecified atom stereocenters. The standard InChI is InChI=1S/C22H29N3O2S/c1-5-25(6-2)13-14-27-21(26)18-8-10-19(11-9-18)23-22(28)24-20-12-7-16(3)15-17(20)4/h7-12,15H,5-6,13-14H2,1-4H3,(H2,23,24,28). The highest BCUT2D eigenvalue weighted by Crippen LogP contribution is 2.17. The summed E-state index contributed by atoms with van der Waals surface area (Å²) in [6.07, 6.45) is 0. The summed E-state index contributed by atoms with van der Waals surface area (Å²) in [4.78, 5) is 14.4. The van der Waals surface area contributed by atoms with E-state index in [1.807, 2.05) is 31.2 Å². The van der Waals surface area contributed by atoms with E-state index in [4.69, 9.17) is 17.0 Å². The Balaban J connectivity index is 1.86. The second-order valence-electron chi connectivity index (χ2n) is 6.64. The molecule has 0 bridgehead atoms. The number of ether oxygens (including phenoxy) is 1. The number of nitrogens with zero attached hydrogens (tertiary/aromatic N) is 1. The molecule has 0 fully saturated rings. The number of aryl methyl sites for hydroxylation is 2. The number of carbonyl (C=O) groups is 1. The summed E-state index contributed by atoms with van der Waals surface area (Å²) in [5.74, 6) is -0.310. The lowest BCUT2D eigenvalue weighted by atomic mass is 10.1. The van der Waals surface area contributed by atoms with Crippen LogP contribution in [0.5, 0.6) is 0 Å². The van der Waals surface area contributed by atoms with Gasteiger partial charge in [-0.15, -0.1) is 0 Å². The van der Waals surface area contributed by atoms with Crippen molar-refractivity contribution >= 4 is 34.7 Å². The molecule has 0 aliphatic carbocycles. The Bertz CT molecular complexity index is 802. The minimum atomic E-state index is -0.310. The van der Waals surface area contributed by atoms with Crippen molar-refractivity contribution in [2.24, 2.45) is 0 Å². The quantitative estimate of drug-likeness (QED) is 0.499. The van der Waals surface area contributed by atoms with Crippen LogP contribution in [0.15, 0.2) is 42.5 Å². The second-order valence-corrected chi connectivity index (χ2v) is 7.05. The number of anilines is 2. The van der Waals surface area contributed by atoms with E-state index in [-0.39, 0.29) is 5.97 Å². The molecule has 5 nitrogen and oxygen atoms in total. The molecule has 2 aromatic rings. The molecule has 0 heterocycles. The third-order valence-electron chi connectivity index (χ3n) is 4.54. The number of carbonyl (C=O) groups excluding carboxylic acids is 1. The summed E-state index contributed by atoms with van der Waals surface area (Å²) >= 11 is 5.38. The molecular formula is C22H29N3O2S. The molecule has 2 rings (SSSR count). The third-order valence-corrected chi connectivity index (χ3v) is 4.75. The zero-order valence-corrected chi connectivity index (χ0v) is 17.9. The van der Waals surface area contributed by atoms with Gasteiger partial charge < -0.3 is 20.3 Å². The van der Waals surface area contributed by atoms with E-state index >= 15 is 0 Å². The molecule has 0 aliphatic rings. The summed E-state index contributed by atoms with van der Waals surface area (Å²) in [5.41, 5.74) is 4.64. The molecule has 0 amide bonds. The molecule has 0 saturated heterocycles. The molecule has 0 aliphatic heterocycles. The lowest BCUT2D eigenvalue weighted by molar-refractivity contribution is 0.0466. The van der Waals surface area contributed by atoms with Crippen LogP contribution >= 0.6 is 12.2 Å². The highest BCUT2D eigenvalue weighted by molar-refractivity contribution is 7.80. The fourth-order valence-corrected chi connectivity index (χ4v) is 3.05. The van der Waals surface area contributed by atoms with E-state index in [9.17, 15) is 4.79 Å². The van der Waals surface area contributed by atoms with Crippen LogP contribution in [0.3, 0.4) is 0 Å². The Morgan fingerprint density at radius 3 is 2.32 bits per heavy atom. The van der Waals surface area contributed by atoms with E-state index in [1.165, 1.54) is 5.56 Å². The van der Waals surface area contributed by atoms with Crippen molar-refractivity contribution in [3.63, 3.8) is 0 Å². The number of likely N-dealkylation sites (N-methyl/N-ethyl adjacent to an activating group) is 1. The van der Waals surface area contributed by atoms with Crippen molar-refractivity contribution in [3.8, 4) is 0 Å². The molecule has 0 saturated carbocycles. The van der Waals surface area contributed by atoms with Gasteiger partial charge in [0.2, 0.25) is 0 Å². The SMILES string of the molecule is CCN(CC)CCOC(=O)c1ccc(NC(=S)Nc2ccc(C)cc2C)cc1. The first-order valence-corrected chi connectivity index (χ1v) is 9.98. The predicted octanol–water partition coefficient (Wildman–Crippen LogP) is 4.61. The van der Waals surface area contributed by atoms with Crippen LogP contribution in [0.25, 0.3) is 0 Å². The molecule has 150 valence electrons. The number of nitrogens with one attached hydrogen (secondary N) is 2. The van der Waals surface area contributed by atoms with Crippen LogP contribution in [-0.4, -0.2) is 42.2 Å². The first-order valence-electron chi connectivity index (χ1n) is 9.57. The lowest BCUT2D eigenvalue weighted by Gasteiger charge is -2.17. The molecule has 0 aromatic heterocycles. The highest BCUT2D eigenvalue weighted by atomic mass is 32.1. The van der Waals surface area contributed by atoms with Crippen molar-refractivity contribution in [1.82, 2.24) is 4.90 Å². The Kier molecular flexibility index (Phi) is 8.42. The molecule has 2 N–H and O–H groups in total. The van der Waals surface area contributed by atoms with Gasteiger partial charge in [0.05, 0.1) is 5.56 Å². The van der Waals surface area contributed by atoms with Crippen molar-refractivity contribution < 1.29 is 9.53 Å². The predicted molar refractivity (Wildman–Crippen MR) is 120 cm³/mol. The number of benzene rings is 2. The normalized spacial score (nSPS) is 10.6. The number of hydrogen-bond donors (Lipinski definition) is 2. The maximum atomic E-state index is 12.1. The number of thiocarbonyl (C=S) groups is 1. The van der Waals surface area contributed by atoms with Crippen LogP contribution in [-0.2, 0) is 4.74 Å². The summed E-state index contributed by atoms with van der Waals surface area (Å²) in [5, 5.41) is 6.83. The van der Waals surface area contributed by atoms with E-state index < -0.39 is 0 Å². The molecular weight excluding hydrogens is 370 g/mol. The minimum absolute atomic E-state index is 0.310. The molecule has 6 heteroatoms. The van der Waals surface area contributed by atoms with E-state index in [1.54, 1.807) is 12.1 Å². The first kappa shape index (κ1) is 21.9. The molecule has 0 atom stereocenters. The van der Waals surface area contributed by atoms with Gasteiger partial charge in [-0.25, -0.2) is 4.79 Å². The Hall–Kier alpha value is -2.44.